The molecular formula is C24H18FN3O. The summed E-state index contributed by atoms with van der Waals surface area (Å²) in [7, 11) is 0. The molecule has 0 aliphatic heterocycles. The average molecular weight is 383 g/mol. The zero-order valence-corrected chi connectivity index (χ0v) is 15.9. The van der Waals surface area contributed by atoms with Gasteiger partial charge in [-0.2, -0.15) is 0 Å². The van der Waals surface area contributed by atoms with E-state index in [1.54, 1.807) is 30.6 Å². The maximum absolute atomic E-state index is 14.9. The molecule has 2 aromatic carbocycles. The van der Waals surface area contributed by atoms with E-state index < -0.39 is 0 Å². The monoisotopic (exact) mass is 383 g/mol. The molecule has 2 heterocycles. The van der Waals surface area contributed by atoms with E-state index in [1.807, 2.05) is 12.1 Å². The first kappa shape index (κ1) is 17.5. The number of hydrogen-bond acceptors (Lipinski definition) is 3. The van der Waals surface area contributed by atoms with E-state index in [9.17, 15) is 9.18 Å². The third kappa shape index (κ3) is 3.05. The number of rotatable bonds is 3. The second kappa shape index (κ2) is 6.78. The van der Waals surface area contributed by atoms with Crippen LogP contribution in [-0.4, -0.2) is 14.5 Å². The highest BCUT2D eigenvalue weighted by Crippen LogP contribution is 2.31. The van der Waals surface area contributed by atoms with Crippen LogP contribution in [0.2, 0.25) is 0 Å². The van der Waals surface area contributed by atoms with Crippen molar-refractivity contribution in [1.82, 2.24) is 14.5 Å². The predicted molar refractivity (Wildman–Crippen MR) is 112 cm³/mol. The van der Waals surface area contributed by atoms with Crippen molar-refractivity contribution in [1.29, 1.82) is 0 Å². The lowest BCUT2D eigenvalue weighted by Gasteiger charge is -2.12. The van der Waals surface area contributed by atoms with Crippen LogP contribution in [-0.2, 0) is 13.0 Å². The van der Waals surface area contributed by atoms with Gasteiger partial charge < -0.3 is 0 Å². The fourth-order valence-electron chi connectivity index (χ4n) is 3.90. The first-order chi connectivity index (χ1) is 14.1. The minimum absolute atomic E-state index is 0.128. The van der Waals surface area contributed by atoms with Gasteiger partial charge >= 0.3 is 0 Å². The van der Waals surface area contributed by atoms with Gasteiger partial charge in [0.25, 0.3) is 5.56 Å². The van der Waals surface area contributed by atoms with Crippen LogP contribution in [0.15, 0.2) is 71.9 Å². The minimum Gasteiger partial charge on any atom is -0.299 e. The Bertz CT molecular complexity index is 1350. The summed E-state index contributed by atoms with van der Waals surface area (Å²) in [6.45, 7) is 2.24. The highest BCUT2D eigenvalue weighted by Gasteiger charge is 2.13. The van der Waals surface area contributed by atoms with Crippen molar-refractivity contribution in [2.24, 2.45) is 0 Å². The van der Waals surface area contributed by atoms with Gasteiger partial charge in [-0.15, -0.1) is 0 Å². The lowest BCUT2D eigenvalue weighted by atomic mass is 9.98. The molecular weight excluding hydrogens is 365 g/mol. The Balaban J connectivity index is 1.50. The molecule has 0 amide bonds. The van der Waals surface area contributed by atoms with Gasteiger partial charge in [0.2, 0.25) is 0 Å². The van der Waals surface area contributed by atoms with Crippen LogP contribution in [0.5, 0.6) is 0 Å². The number of hydrogen-bond donors (Lipinski definition) is 0. The van der Waals surface area contributed by atoms with Crippen molar-refractivity contribution in [3.8, 4) is 11.1 Å². The highest BCUT2D eigenvalue weighted by molar-refractivity contribution is 5.76. The molecule has 0 unspecified atom stereocenters. The van der Waals surface area contributed by atoms with Crippen LogP contribution in [0.3, 0.4) is 0 Å². The molecule has 0 atom stereocenters. The van der Waals surface area contributed by atoms with Crippen LogP contribution in [0.4, 0.5) is 4.39 Å². The molecule has 29 heavy (non-hydrogen) atoms. The number of allylic oxidation sites excluding steroid dienone is 2. The lowest BCUT2D eigenvalue weighted by molar-refractivity contribution is 0.599. The highest BCUT2D eigenvalue weighted by atomic mass is 19.1. The van der Waals surface area contributed by atoms with Crippen molar-refractivity contribution in [3.63, 3.8) is 0 Å². The van der Waals surface area contributed by atoms with E-state index in [4.69, 9.17) is 0 Å². The second-order valence-corrected chi connectivity index (χ2v) is 7.32. The Labute approximate surface area is 167 Å². The molecule has 2 aromatic heterocycles. The number of halogens is 1. The van der Waals surface area contributed by atoms with Crippen molar-refractivity contribution in [2.45, 2.75) is 19.9 Å². The molecule has 0 N–H and O–H groups in total. The second-order valence-electron chi connectivity index (χ2n) is 7.32. The maximum Gasteiger partial charge on any atom is 0.269 e. The normalized spacial score (nSPS) is 12.8. The Hall–Kier alpha value is -3.60. The summed E-state index contributed by atoms with van der Waals surface area (Å²) in [4.78, 5) is 20.5. The molecule has 0 fully saturated rings. The summed E-state index contributed by atoms with van der Waals surface area (Å²) >= 11 is 0. The zero-order chi connectivity index (χ0) is 20.0. The number of benzene rings is 2. The summed E-state index contributed by atoms with van der Waals surface area (Å²) < 4.78 is 16.4. The van der Waals surface area contributed by atoms with E-state index in [-0.39, 0.29) is 17.9 Å². The average Bonchev–Trinajstić information content (AvgIpc) is 3.11. The van der Waals surface area contributed by atoms with Crippen LogP contribution in [0.25, 0.3) is 27.7 Å². The van der Waals surface area contributed by atoms with Crippen LogP contribution < -0.4 is 5.56 Å². The summed E-state index contributed by atoms with van der Waals surface area (Å²) in [5.74, 6) is -0.335. The molecule has 5 rings (SSSR count). The maximum atomic E-state index is 14.9. The van der Waals surface area contributed by atoms with E-state index in [2.05, 4.69) is 35.1 Å². The molecule has 4 nitrogen and oxygen atoms in total. The Morgan fingerprint density at radius 2 is 1.90 bits per heavy atom. The van der Waals surface area contributed by atoms with Crippen molar-refractivity contribution in [2.75, 3.05) is 0 Å². The van der Waals surface area contributed by atoms with Crippen molar-refractivity contribution < 1.29 is 4.39 Å². The fourth-order valence-corrected chi connectivity index (χ4v) is 3.90. The third-order valence-electron chi connectivity index (χ3n) is 5.52. The summed E-state index contributed by atoms with van der Waals surface area (Å²) in [6, 6.07) is 13.2. The molecule has 0 radical (unpaired) electrons. The zero-order valence-electron chi connectivity index (χ0n) is 15.9. The molecule has 142 valence electrons. The van der Waals surface area contributed by atoms with Gasteiger partial charge in [0.15, 0.2) is 0 Å². The van der Waals surface area contributed by atoms with E-state index in [0.29, 0.717) is 16.6 Å². The minimum atomic E-state index is -0.335. The quantitative estimate of drug-likeness (QED) is 0.519. The standard InChI is InChI=1S/C24H18FN3O/c1-15-2-3-18-10-16(6-7-20(15)18)17-4-5-19(21(25)11-17)14-28-23-12-26-9-8-22(23)27-13-24(28)29/h2,4-13H,3,14H2,1H3. The van der Waals surface area contributed by atoms with Crippen LogP contribution in [0, 0.1) is 5.82 Å². The molecule has 1 aliphatic carbocycles. The molecule has 5 heteroatoms. The number of nitrogens with zero attached hydrogens (tertiary/aromatic N) is 3. The van der Waals surface area contributed by atoms with Crippen molar-refractivity contribution >= 4 is 16.6 Å². The topological polar surface area (TPSA) is 47.8 Å². The largest absolute Gasteiger partial charge is 0.299 e. The van der Waals surface area contributed by atoms with Gasteiger partial charge in [-0.1, -0.05) is 36.4 Å². The summed E-state index contributed by atoms with van der Waals surface area (Å²) in [6.07, 6.45) is 7.59. The van der Waals surface area contributed by atoms with Gasteiger partial charge in [0.1, 0.15) is 5.82 Å². The molecule has 4 aromatic rings. The summed E-state index contributed by atoms with van der Waals surface area (Å²) in [5, 5.41) is 0. The SMILES string of the molecule is CC1=CCc2cc(-c3ccc(Cn4c(=O)cnc5ccncc54)c(F)c3)ccc21. The number of pyridine rings is 1. The molecule has 0 spiro atoms. The van der Waals surface area contributed by atoms with E-state index in [0.717, 1.165) is 17.5 Å². The predicted octanol–water partition coefficient (Wildman–Crippen LogP) is 4.61. The first-order valence-corrected chi connectivity index (χ1v) is 9.48. The van der Waals surface area contributed by atoms with Gasteiger partial charge in [-0.25, -0.2) is 9.37 Å². The van der Waals surface area contributed by atoms with Gasteiger partial charge in [0, 0.05) is 11.8 Å². The third-order valence-corrected chi connectivity index (χ3v) is 5.52. The smallest absolute Gasteiger partial charge is 0.269 e. The molecule has 1 aliphatic rings. The van der Waals surface area contributed by atoms with Crippen molar-refractivity contribution in [3.05, 3.63) is 100.0 Å². The fraction of sp³-hybridized carbons (Fsp3) is 0.125. The Kier molecular flexibility index (Phi) is 4.09. The molecule has 0 saturated carbocycles. The Morgan fingerprint density at radius 3 is 2.76 bits per heavy atom. The van der Waals surface area contributed by atoms with Crippen LogP contribution in [0.1, 0.15) is 23.6 Å². The molecule has 0 saturated heterocycles. The van der Waals surface area contributed by atoms with Gasteiger partial charge in [0.05, 0.1) is 30.0 Å². The number of fused-ring (bicyclic) bond motifs is 2. The Morgan fingerprint density at radius 1 is 1.07 bits per heavy atom. The molecule has 0 bridgehead atoms. The van der Waals surface area contributed by atoms with Gasteiger partial charge in [-0.3, -0.25) is 14.3 Å². The van der Waals surface area contributed by atoms with Crippen LogP contribution >= 0.6 is 0 Å². The summed E-state index contributed by atoms with van der Waals surface area (Å²) in [5.41, 5.74) is 7.05. The number of aromatic nitrogens is 3. The lowest BCUT2D eigenvalue weighted by Crippen LogP contribution is -2.21. The first-order valence-electron chi connectivity index (χ1n) is 9.48. The van der Waals surface area contributed by atoms with Gasteiger partial charge in [-0.05, 0) is 53.3 Å². The van der Waals surface area contributed by atoms with E-state index in [1.165, 1.54) is 27.5 Å². The van der Waals surface area contributed by atoms with E-state index >= 15 is 0 Å².